The quantitative estimate of drug-likeness (QED) is 0.540. The lowest BCUT2D eigenvalue weighted by molar-refractivity contribution is 0.0172. The van der Waals surface area contributed by atoms with E-state index in [1.165, 1.54) is 0 Å². The van der Waals surface area contributed by atoms with Gasteiger partial charge in [0.15, 0.2) is 0 Å². The molecule has 0 aliphatic heterocycles. The van der Waals surface area contributed by atoms with E-state index in [0.29, 0.717) is 23.3 Å². The smallest absolute Gasteiger partial charge is 0.150 e. The number of aldehydes is 1. The van der Waals surface area contributed by atoms with Gasteiger partial charge in [0.1, 0.15) is 12.4 Å². The lowest BCUT2D eigenvalue weighted by atomic mass is 9.98. The average Bonchev–Trinajstić information content (AvgIpc) is 2.28. The number of thiol groups is 1. The van der Waals surface area contributed by atoms with Crippen LogP contribution in [0.3, 0.4) is 0 Å². The molecule has 1 rings (SSSR count). The first-order valence-electron chi connectivity index (χ1n) is 5.13. The summed E-state index contributed by atoms with van der Waals surface area (Å²) in [5, 5.41) is 19.5. The highest BCUT2D eigenvalue weighted by Gasteiger charge is 2.17. The van der Waals surface area contributed by atoms with Crippen LogP contribution in [0.5, 0.6) is 0 Å². The van der Waals surface area contributed by atoms with Gasteiger partial charge in [0.05, 0.1) is 6.10 Å². The second kappa shape index (κ2) is 6.03. The van der Waals surface area contributed by atoms with Gasteiger partial charge in [-0.15, -0.1) is 0 Å². The number of carbonyl (C=O) groups is 1. The van der Waals surface area contributed by atoms with Crippen molar-refractivity contribution in [3.05, 3.63) is 34.9 Å². The molecule has 16 heavy (non-hydrogen) atoms. The molecule has 0 aliphatic rings. The van der Waals surface area contributed by atoms with E-state index >= 15 is 0 Å². The second-order valence-electron chi connectivity index (χ2n) is 3.76. The molecule has 0 saturated heterocycles. The van der Waals surface area contributed by atoms with Crippen molar-refractivity contribution in [2.45, 2.75) is 25.6 Å². The van der Waals surface area contributed by atoms with Gasteiger partial charge in [-0.2, -0.15) is 12.6 Å². The zero-order chi connectivity index (χ0) is 12.1. The first-order valence-corrected chi connectivity index (χ1v) is 5.76. The molecule has 0 heterocycles. The Morgan fingerprint density at radius 3 is 2.62 bits per heavy atom. The van der Waals surface area contributed by atoms with Crippen molar-refractivity contribution in [1.82, 2.24) is 0 Å². The van der Waals surface area contributed by atoms with Gasteiger partial charge in [-0.1, -0.05) is 18.2 Å². The minimum absolute atomic E-state index is 0.429. The number of aryl methyl sites for hydroxylation is 1. The molecule has 0 bridgehead atoms. The maximum absolute atomic E-state index is 10.6. The maximum Gasteiger partial charge on any atom is 0.150 e. The van der Waals surface area contributed by atoms with Gasteiger partial charge in [0, 0.05) is 5.56 Å². The van der Waals surface area contributed by atoms with Crippen molar-refractivity contribution >= 4 is 18.9 Å². The van der Waals surface area contributed by atoms with Crippen LogP contribution in [0.1, 0.15) is 34.0 Å². The maximum atomic E-state index is 10.6. The van der Waals surface area contributed by atoms with Crippen molar-refractivity contribution in [3.8, 4) is 0 Å². The molecule has 2 atom stereocenters. The van der Waals surface area contributed by atoms with E-state index in [-0.39, 0.29) is 0 Å². The van der Waals surface area contributed by atoms with E-state index in [0.717, 1.165) is 11.8 Å². The van der Waals surface area contributed by atoms with Crippen molar-refractivity contribution in [2.24, 2.45) is 0 Å². The summed E-state index contributed by atoms with van der Waals surface area (Å²) in [6.07, 6.45) is -0.542. The molecule has 0 spiro atoms. The Balaban J connectivity index is 2.88. The van der Waals surface area contributed by atoms with E-state index in [1.807, 2.05) is 0 Å². The topological polar surface area (TPSA) is 57.5 Å². The summed E-state index contributed by atoms with van der Waals surface area (Å²) in [5.74, 6) is 0.517. The highest BCUT2D eigenvalue weighted by Crippen LogP contribution is 2.21. The van der Waals surface area contributed by atoms with Crippen LogP contribution in [0.2, 0.25) is 0 Å². The molecule has 2 unspecified atom stereocenters. The van der Waals surface area contributed by atoms with E-state index in [1.54, 1.807) is 25.1 Å². The summed E-state index contributed by atoms with van der Waals surface area (Å²) >= 11 is 4.00. The largest absolute Gasteiger partial charge is 0.390 e. The van der Waals surface area contributed by atoms with Crippen molar-refractivity contribution in [2.75, 3.05) is 5.75 Å². The molecular formula is C12H16O3S. The first-order chi connectivity index (χ1) is 7.60. The summed E-state index contributed by atoms with van der Waals surface area (Å²) in [4.78, 5) is 10.6. The van der Waals surface area contributed by atoms with Gasteiger partial charge in [-0.25, -0.2) is 0 Å². The molecule has 0 saturated carbocycles. The molecule has 0 aromatic heterocycles. The summed E-state index contributed by atoms with van der Waals surface area (Å²) in [7, 11) is 0. The third kappa shape index (κ3) is 3.07. The van der Waals surface area contributed by atoms with Crippen LogP contribution in [0.25, 0.3) is 0 Å². The Morgan fingerprint density at radius 2 is 2.12 bits per heavy atom. The normalized spacial score (nSPS) is 14.5. The molecular weight excluding hydrogens is 224 g/mol. The fourth-order valence-electron chi connectivity index (χ4n) is 1.53. The lowest BCUT2D eigenvalue weighted by Crippen LogP contribution is -2.18. The van der Waals surface area contributed by atoms with Gasteiger partial charge in [-0.05, 0) is 30.2 Å². The van der Waals surface area contributed by atoms with E-state index < -0.39 is 12.2 Å². The summed E-state index contributed by atoms with van der Waals surface area (Å²) in [6, 6.07) is 5.02. The van der Waals surface area contributed by atoms with Gasteiger partial charge in [0.2, 0.25) is 0 Å². The van der Waals surface area contributed by atoms with Gasteiger partial charge >= 0.3 is 0 Å². The van der Waals surface area contributed by atoms with Gasteiger partial charge in [0.25, 0.3) is 0 Å². The monoisotopic (exact) mass is 240 g/mol. The third-order valence-corrected chi connectivity index (χ3v) is 2.81. The predicted octanol–water partition coefficient (Wildman–Crippen LogP) is 1.52. The fraction of sp³-hybridized carbons (Fsp3) is 0.417. The SMILES string of the molecule is Cc1cc(C(O)C(O)CCS)ccc1C=O. The molecule has 2 N–H and O–H groups in total. The van der Waals surface area contributed by atoms with Gasteiger partial charge < -0.3 is 10.2 Å². The van der Waals surface area contributed by atoms with Crippen LogP contribution >= 0.6 is 12.6 Å². The zero-order valence-corrected chi connectivity index (χ0v) is 10.0. The van der Waals surface area contributed by atoms with Crippen molar-refractivity contribution < 1.29 is 15.0 Å². The van der Waals surface area contributed by atoms with Crippen LogP contribution in [0, 0.1) is 6.92 Å². The summed E-state index contributed by atoms with van der Waals surface area (Å²) in [5.41, 5.74) is 2.02. The van der Waals surface area contributed by atoms with Crippen LogP contribution in [-0.2, 0) is 0 Å². The van der Waals surface area contributed by atoms with Crippen LogP contribution in [-0.4, -0.2) is 28.4 Å². The van der Waals surface area contributed by atoms with Crippen LogP contribution in [0.15, 0.2) is 18.2 Å². The number of aliphatic hydroxyl groups is 2. The Morgan fingerprint density at radius 1 is 1.44 bits per heavy atom. The summed E-state index contributed by atoms with van der Waals surface area (Å²) < 4.78 is 0. The molecule has 4 heteroatoms. The van der Waals surface area contributed by atoms with Crippen LogP contribution < -0.4 is 0 Å². The minimum Gasteiger partial charge on any atom is -0.390 e. The number of aliphatic hydroxyl groups excluding tert-OH is 2. The Kier molecular flexibility index (Phi) is 4.99. The number of rotatable bonds is 5. The van der Waals surface area contributed by atoms with E-state index in [2.05, 4.69) is 12.6 Å². The van der Waals surface area contributed by atoms with Crippen LogP contribution in [0.4, 0.5) is 0 Å². The molecule has 0 fully saturated rings. The molecule has 1 aromatic rings. The minimum atomic E-state index is -0.924. The Labute approximate surface area is 101 Å². The number of hydrogen-bond acceptors (Lipinski definition) is 4. The lowest BCUT2D eigenvalue weighted by Gasteiger charge is -2.18. The Hall–Kier alpha value is -0.840. The zero-order valence-electron chi connectivity index (χ0n) is 9.13. The molecule has 0 amide bonds. The molecule has 0 aliphatic carbocycles. The van der Waals surface area contributed by atoms with Crippen molar-refractivity contribution in [1.29, 1.82) is 0 Å². The number of benzene rings is 1. The van der Waals surface area contributed by atoms with Crippen molar-refractivity contribution in [3.63, 3.8) is 0 Å². The number of hydrogen-bond donors (Lipinski definition) is 3. The predicted molar refractivity (Wildman–Crippen MR) is 66.0 cm³/mol. The molecule has 1 aromatic carbocycles. The molecule has 3 nitrogen and oxygen atoms in total. The third-order valence-electron chi connectivity index (χ3n) is 2.55. The van der Waals surface area contributed by atoms with Gasteiger partial charge in [-0.3, -0.25) is 4.79 Å². The summed E-state index contributed by atoms with van der Waals surface area (Å²) in [6.45, 7) is 1.80. The Bertz CT molecular complexity index is 365. The average molecular weight is 240 g/mol. The number of carbonyl (C=O) groups excluding carboxylic acids is 1. The first kappa shape index (κ1) is 13.2. The molecule has 88 valence electrons. The van der Waals surface area contributed by atoms with E-state index in [9.17, 15) is 15.0 Å². The standard InChI is InChI=1S/C12H16O3S/c1-8-6-9(2-3-10(8)7-13)12(15)11(14)4-5-16/h2-3,6-7,11-12,14-16H,4-5H2,1H3. The highest BCUT2D eigenvalue weighted by molar-refractivity contribution is 7.80. The van der Waals surface area contributed by atoms with E-state index in [4.69, 9.17) is 0 Å². The highest BCUT2D eigenvalue weighted by atomic mass is 32.1. The molecule has 0 radical (unpaired) electrons. The second-order valence-corrected chi connectivity index (χ2v) is 4.21. The fourth-order valence-corrected chi connectivity index (χ4v) is 1.79.